The number of nitrogens with zero attached hydrogens (tertiary/aromatic N) is 1. The predicted molar refractivity (Wildman–Crippen MR) is 85.0 cm³/mol. The van der Waals surface area contributed by atoms with Gasteiger partial charge < -0.3 is 15.3 Å². The van der Waals surface area contributed by atoms with Gasteiger partial charge in [-0.05, 0) is 48.9 Å². The molecule has 1 aromatic carbocycles. The molecule has 1 aromatic rings. The summed E-state index contributed by atoms with van der Waals surface area (Å²) in [5.74, 6) is 0.951. The summed E-state index contributed by atoms with van der Waals surface area (Å²) in [5.41, 5.74) is 1.69. The maximum atomic E-state index is 14.3. The fraction of sp³-hybridized carbons (Fsp3) is 0.647. The third-order valence-corrected chi connectivity index (χ3v) is 4.06. The molecule has 0 spiro atoms. The number of halogens is 1. The maximum absolute atomic E-state index is 14.3. The molecule has 21 heavy (non-hydrogen) atoms. The van der Waals surface area contributed by atoms with E-state index >= 15 is 0 Å². The van der Waals surface area contributed by atoms with E-state index in [1.807, 2.05) is 12.1 Å². The van der Waals surface area contributed by atoms with Gasteiger partial charge in [-0.15, -0.1) is 0 Å². The van der Waals surface area contributed by atoms with Crippen LogP contribution in [0.5, 0.6) is 0 Å². The van der Waals surface area contributed by atoms with Crippen molar-refractivity contribution in [1.29, 1.82) is 0 Å². The molecule has 1 unspecified atom stereocenters. The van der Waals surface area contributed by atoms with Crippen LogP contribution in [0.2, 0.25) is 0 Å². The summed E-state index contributed by atoms with van der Waals surface area (Å²) in [5, 5.41) is 12.3. The third-order valence-electron chi connectivity index (χ3n) is 4.06. The van der Waals surface area contributed by atoms with Gasteiger partial charge in [0.25, 0.3) is 0 Å². The van der Waals surface area contributed by atoms with Crippen LogP contribution in [0.1, 0.15) is 32.3 Å². The molecule has 2 N–H and O–H groups in total. The molecule has 0 bridgehead atoms. The first-order valence-electron chi connectivity index (χ1n) is 7.95. The molecule has 1 atom stereocenters. The van der Waals surface area contributed by atoms with Gasteiger partial charge in [-0.1, -0.05) is 19.9 Å². The van der Waals surface area contributed by atoms with Crippen LogP contribution in [0.25, 0.3) is 0 Å². The van der Waals surface area contributed by atoms with Gasteiger partial charge in [0.1, 0.15) is 5.82 Å². The molecule has 2 rings (SSSR count). The Morgan fingerprint density at radius 1 is 1.43 bits per heavy atom. The molecule has 0 saturated carbocycles. The van der Waals surface area contributed by atoms with E-state index in [0.717, 1.165) is 38.0 Å². The van der Waals surface area contributed by atoms with Crippen molar-refractivity contribution in [1.82, 2.24) is 5.32 Å². The molecule has 1 aliphatic rings. The largest absolute Gasteiger partial charge is 0.396 e. The average molecular weight is 294 g/mol. The third kappa shape index (κ3) is 4.68. The molecule has 118 valence electrons. The van der Waals surface area contributed by atoms with Crippen molar-refractivity contribution in [3.8, 4) is 0 Å². The highest BCUT2D eigenvalue weighted by Crippen LogP contribution is 2.28. The Bertz CT molecular complexity index is 450. The molecule has 0 aliphatic carbocycles. The molecule has 4 heteroatoms. The number of anilines is 1. The van der Waals surface area contributed by atoms with Gasteiger partial charge in [0.15, 0.2) is 0 Å². The second-order valence-corrected chi connectivity index (χ2v) is 6.42. The summed E-state index contributed by atoms with van der Waals surface area (Å²) in [7, 11) is 0. The molecule has 1 aliphatic heterocycles. The van der Waals surface area contributed by atoms with Crippen LogP contribution in [0, 0.1) is 17.7 Å². The zero-order valence-electron chi connectivity index (χ0n) is 13.1. The second kappa shape index (κ2) is 7.76. The molecule has 3 nitrogen and oxygen atoms in total. The standard InChI is InChI=1S/C17H27FN2O/c1-13(2)10-19-11-15-3-4-17(16(18)9-15)20-7-5-14(12-20)6-8-21/h3-4,9,13-14,19,21H,5-8,10-12H2,1-2H3. The van der Waals surface area contributed by atoms with Crippen molar-refractivity contribution in [3.05, 3.63) is 29.6 Å². The van der Waals surface area contributed by atoms with Crippen LogP contribution < -0.4 is 10.2 Å². The lowest BCUT2D eigenvalue weighted by atomic mass is 10.1. The van der Waals surface area contributed by atoms with E-state index < -0.39 is 0 Å². The molecular formula is C17H27FN2O. The van der Waals surface area contributed by atoms with E-state index in [2.05, 4.69) is 24.1 Å². The number of hydrogen-bond donors (Lipinski definition) is 2. The summed E-state index contributed by atoms with van der Waals surface area (Å²) in [6.45, 7) is 7.93. The Balaban J connectivity index is 1.93. The summed E-state index contributed by atoms with van der Waals surface area (Å²) >= 11 is 0. The second-order valence-electron chi connectivity index (χ2n) is 6.42. The molecular weight excluding hydrogens is 267 g/mol. The van der Waals surface area contributed by atoms with Crippen LogP contribution >= 0.6 is 0 Å². The molecule has 0 amide bonds. The number of nitrogens with one attached hydrogen (secondary N) is 1. The van der Waals surface area contributed by atoms with Gasteiger partial charge >= 0.3 is 0 Å². The van der Waals surface area contributed by atoms with Crippen molar-refractivity contribution in [2.45, 2.75) is 33.2 Å². The van der Waals surface area contributed by atoms with Crippen LogP contribution in [0.15, 0.2) is 18.2 Å². The van der Waals surface area contributed by atoms with Crippen LogP contribution in [-0.4, -0.2) is 31.3 Å². The lowest BCUT2D eigenvalue weighted by molar-refractivity contribution is 0.263. The summed E-state index contributed by atoms with van der Waals surface area (Å²) < 4.78 is 14.3. The number of benzene rings is 1. The van der Waals surface area contributed by atoms with Gasteiger partial charge in [-0.3, -0.25) is 0 Å². The minimum absolute atomic E-state index is 0.136. The first-order chi connectivity index (χ1) is 10.1. The van der Waals surface area contributed by atoms with Crippen molar-refractivity contribution in [2.75, 3.05) is 31.1 Å². The van der Waals surface area contributed by atoms with Crippen molar-refractivity contribution < 1.29 is 9.50 Å². The summed E-state index contributed by atoms with van der Waals surface area (Å²) in [4.78, 5) is 2.10. The average Bonchev–Trinajstić information content (AvgIpc) is 2.87. The molecule has 0 radical (unpaired) electrons. The highest BCUT2D eigenvalue weighted by atomic mass is 19.1. The molecule has 1 heterocycles. The van der Waals surface area contributed by atoms with Crippen LogP contribution in [-0.2, 0) is 6.54 Å². The number of hydrogen-bond acceptors (Lipinski definition) is 3. The van der Waals surface area contributed by atoms with Gasteiger partial charge in [-0.2, -0.15) is 0 Å². The minimum atomic E-state index is -0.136. The smallest absolute Gasteiger partial charge is 0.146 e. The van der Waals surface area contributed by atoms with Gasteiger partial charge in [0, 0.05) is 26.2 Å². The number of rotatable bonds is 7. The van der Waals surface area contributed by atoms with Gasteiger partial charge in [0.05, 0.1) is 5.69 Å². The molecule has 0 aromatic heterocycles. The van der Waals surface area contributed by atoms with Crippen molar-refractivity contribution in [3.63, 3.8) is 0 Å². The predicted octanol–water partition coefficient (Wildman–Crippen LogP) is 2.78. The first kappa shape index (κ1) is 16.2. The minimum Gasteiger partial charge on any atom is -0.396 e. The van der Waals surface area contributed by atoms with E-state index in [1.54, 1.807) is 6.07 Å². The lowest BCUT2D eigenvalue weighted by Crippen LogP contribution is -2.22. The zero-order valence-corrected chi connectivity index (χ0v) is 13.1. The lowest BCUT2D eigenvalue weighted by Gasteiger charge is -2.20. The Hall–Kier alpha value is -1.13. The maximum Gasteiger partial charge on any atom is 0.146 e. The summed E-state index contributed by atoms with van der Waals surface area (Å²) in [6.07, 6.45) is 1.85. The Kier molecular flexibility index (Phi) is 6.00. The van der Waals surface area contributed by atoms with E-state index in [4.69, 9.17) is 5.11 Å². The van der Waals surface area contributed by atoms with Crippen LogP contribution in [0.4, 0.5) is 10.1 Å². The van der Waals surface area contributed by atoms with E-state index in [-0.39, 0.29) is 12.4 Å². The van der Waals surface area contributed by atoms with Crippen LogP contribution in [0.3, 0.4) is 0 Å². The Labute approximate surface area is 127 Å². The fourth-order valence-electron chi connectivity index (χ4n) is 2.89. The van der Waals surface area contributed by atoms with E-state index in [1.165, 1.54) is 0 Å². The molecule has 1 saturated heterocycles. The SMILES string of the molecule is CC(C)CNCc1ccc(N2CCC(CCO)C2)c(F)c1. The highest BCUT2D eigenvalue weighted by Gasteiger charge is 2.24. The zero-order chi connectivity index (χ0) is 15.2. The monoisotopic (exact) mass is 294 g/mol. The Morgan fingerprint density at radius 2 is 2.24 bits per heavy atom. The normalized spacial score (nSPS) is 18.7. The van der Waals surface area contributed by atoms with E-state index in [0.29, 0.717) is 24.1 Å². The van der Waals surface area contributed by atoms with Crippen molar-refractivity contribution in [2.24, 2.45) is 11.8 Å². The highest BCUT2D eigenvalue weighted by molar-refractivity contribution is 5.50. The number of aliphatic hydroxyl groups is 1. The first-order valence-corrected chi connectivity index (χ1v) is 7.95. The topological polar surface area (TPSA) is 35.5 Å². The van der Waals surface area contributed by atoms with Gasteiger partial charge in [-0.25, -0.2) is 4.39 Å². The summed E-state index contributed by atoms with van der Waals surface area (Å²) in [6, 6.07) is 5.54. The quantitative estimate of drug-likeness (QED) is 0.812. The number of aliphatic hydroxyl groups excluding tert-OH is 1. The Morgan fingerprint density at radius 3 is 2.90 bits per heavy atom. The van der Waals surface area contributed by atoms with E-state index in [9.17, 15) is 4.39 Å². The van der Waals surface area contributed by atoms with Crippen molar-refractivity contribution >= 4 is 5.69 Å². The molecule has 1 fully saturated rings. The fourth-order valence-corrected chi connectivity index (χ4v) is 2.89. The van der Waals surface area contributed by atoms with Gasteiger partial charge in [0.2, 0.25) is 0 Å².